The van der Waals surface area contributed by atoms with Crippen LogP contribution in [0.1, 0.15) is 44.9 Å². The smallest absolute Gasteiger partial charge is 0.0540 e. The van der Waals surface area contributed by atoms with Crippen molar-refractivity contribution >= 4 is 81.7 Å². The molecular weight excluding hydrogens is 675 g/mol. The third-order valence-electron chi connectivity index (χ3n) is 12.4. The van der Waals surface area contributed by atoms with Crippen LogP contribution in [0.3, 0.4) is 0 Å². The van der Waals surface area contributed by atoms with Crippen molar-refractivity contribution in [3.05, 3.63) is 209 Å². The van der Waals surface area contributed by atoms with Gasteiger partial charge in [-0.2, -0.15) is 0 Å². The predicted octanol–water partition coefficient (Wildman–Crippen LogP) is 15.4. The molecule has 0 fully saturated rings. The second-order valence-corrected chi connectivity index (χ2v) is 16.0. The van der Waals surface area contributed by atoms with Gasteiger partial charge in [-0.25, -0.2) is 0 Å². The highest BCUT2D eigenvalue weighted by Crippen LogP contribution is 2.49. The first-order valence-electron chi connectivity index (χ1n) is 19.8. The van der Waals surface area contributed by atoms with E-state index < -0.39 is 0 Å². The van der Waals surface area contributed by atoms with Gasteiger partial charge in [-0.05, 0) is 146 Å². The standard InChI is InChI=1S/C55H41N/c1-33-11-19-37(20-12-33)53(38-21-13-34(2)14-22-38)44-27-28-45-50-32-49-43-9-6-10-47-52(56(39-23-15-35(3)16-24-39)40-25-17-36(4)18-26-40)30-29-46(55(43)47)51(49)31-48(50)42-8-5-7-41(44)54(42)45/h5-32,53H,1-4H3. The molecule has 0 radical (unpaired) electrons. The van der Waals surface area contributed by atoms with E-state index in [1.807, 2.05) is 0 Å². The van der Waals surface area contributed by atoms with Gasteiger partial charge in [0.1, 0.15) is 0 Å². The molecule has 1 heteroatoms. The summed E-state index contributed by atoms with van der Waals surface area (Å²) in [6.45, 7) is 8.64. The highest BCUT2D eigenvalue weighted by atomic mass is 15.1. The molecule has 0 saturated carbocycles. The van der Waals surface area contributed by atoms with Crippen molar-refractivity contribution in [3.8, 4) is 0 Å². The van der Waals surface area contributed by atoms with Crippen molar-refractivity contribution in [1.29, 1.82) is 0 Å². The van der Waals surface area contributed by atoms with Crippen LogP contribution in [-0.4, -0.2) is 0 Å². The van der Waals surface area contributed by atoms with Crippen molar-refractivity contribution in [3.63, 3.8) is 0 Å². The Morgan fingerprint density at radius 2 is 0.696 bits per heavy atom. The minimum Gasteiger partial charge on any atom is -0.310 e. The van der Waals surface area contributed by atoms with Crippen LogP contribution in [0.2, 0.25) is 0 Å². The maximum absolute atomic E-state index is 2.49. The first-order valence-corrected chi connectivity index (χ1v) is 19.8. The largest absolute Gasteiger partial charge is 0.310 e. The Bertz CT molecular complexity index is 2880. The van der Waals surface area contributed by atoms with Gasteiger partial charge in [-0.3, -0.25) is 0 Å². The van der Waals surface area contributed by atoms with Gasteiger partial charge in [-0.15, -0.1) is 0 Å². The summed E-state index contributed by atoms with van der Waals surface area (Å²) in [7, 11) is 0. The molecular formula is C55H41N. The molecule has 56 heavy (non-hydrogen) atoms. The Kier molecular flexibility index (Phi) is 7.25. The fourth-order valence-electron chi connectivity index (χ4n) is 9.54. The molecule has 11 aromatic rings. The van der Waals surface area contributed by atoms with E-state index in [-0.39, 0.29) is 5.92 Å². The minimum absolute atomic E-state index is 0.132. The van der Waals surface area contributed by atoms with Gasteiger partial charge >= 0.3 is 0 Å². The van der Waals surface area contributed by atoms with Crippen molar-refractivity contribution in [2.24, 2.45) is 0 Å². The number of benzene rings is 9. The highest BCUT2D eigenvalue weighted by molar-refractivity contribution is 6.38. The minimum atomic E-state index is 0.132. The zero-order valence-electron chi connectivity index (χ0n) is 32.2. The zero-order chi connectivity index (χ0) is 37.7. The van der Waals surface area contributed by atoms with Gasteiger partial charge < -0.3 is 4.90 Å². The topological polar surface area (TPSA) is 3.24 Å². The summed E-state index contributed by atoms with van der Waals surface area (Å²) in [5.41, 5.74) is 12.6. The van der Waals surface area contributed by atoms with Gasteiger partial charge in [0, 0.05) is 22.7 Å². The van der Waals surface area contributed by atoms with E-state index in [9.17, 15) is 0 Å². The molecule has 0 aliphatic carbocycles. The summed E-state index contributed by atoms with van der Waals surface area (Å²) in [6, 6.07) is 64.3. The Labute approximate surface area is 327 Å². The van der Waals surface area contributed by atoms with Gasteiger partial charge in [-0.1, -0.05) is 150 Å². The molecule has 0 unspecified atom stereocenters. The molecule has 0 bridgehead atoms. The molecule has 0 heterocycles. The van der Waals surface area contributed by atoms with Crippen molar-refractivity contribution < 1.29 is 0 Å². The third kappa shape index (κ3) is 4.94. The second-order valence-electron chi connectivity index (χ2n) is 16.0. The number of fused-ring (bicyclic) bond motifs is 6. The SMILES string of the molecule is Cc1ccc(C(c2ccc(C)cc2)c2ccc3c4cc5c(cc4c4cccc2c34)c2ccc(N(c3ccc(C)cc3)c3ccc(C)cc3)c3cccc5c32)cc1. The summed E-state index contributed by atoms with van der Waals surface area (Å²) in [5.74, 6) is 0.132. The molecule has 1 nitrogen and oxygen atoms in total. The summed E-state index contributed by atoms with van der Waals surface area (Å²) in [4.78, 5) is 2.42. The van der Waals surface area contributed by atoms with Gasteiger partial charge in [0.25, 0.3) is 0 Å². The number of anilines is 3. The quantitative estimate of drug-likeness (QED) is 0.155. The van der Waals surface area contributed by atoms with Gasteiger partial charge in [0.15, 0.2) is 0 Å². The monoisotopic (exact) mass is 715 g/mol. The van der Waals surface area contributed by atoms with Crippen LogP contribution in [0.15, 0.2) is 170 Å². The molecule has 0 amide bonds. The van der Waals surface area contributed by atoms with Crippen LogP contribution in [0.5, 0.6) is 0 Å². The Morgan fingerprint density at radius 3 is 1.18 bits per heavy atom. The van der Waals surface area contributed by atoms with E-state index in [1.165, 1.54) is 109 Å². The molecule has 0 aliphatic rings. The second kappa shape index (κ2) is 12.4. The van der Waals surface area contributed by atoms with Crippen LogP contribution in [0.4, 0.5) is 17.1 Å². The third-order valence-corrected chi connectivity index (χ3v) is 12.4. The highest BCUT2D eigenvalue weighted by Gasteiger charge is 2.24. The first kappa shape index (κ1) is 32.7. The van der Waals surface area contributed by atoms with Gasteiger partial charge in [0.05, 0.1) is 5.69 Å². The van der Waals surface area contributed by atoms with Crippen LogP contribution >= 0.6 is 0 Å². The van der Waals surface area contributed by atoms with E-state index in [0.29, 0.717) is 0 Å². The van der Waals surface area contributed by atoms with Crippen LogP contribution < -0.4 is 4.90 Å². The predicted molar refractivity (Wildman–Crippen MR) is 241 cm³/mol. The maximum Gasteiger partial charge on any atom is 0.0540 e. The number of nitrogens with zero attached hydrogens (tertiary/aromatic N) is 1. The zero-order valence-corrected chi connectivity index (χ0v) is 32.2. The Balaban J connectivity index is 1.14. The number of hydrogen-bond donors (Lipinski definition) is 0. The van der Waals surface area contributed by atoms with E-state index in [0.717, 1.165) is 11.4 Å². The molecule has 0 N–H and O–H groups in total. The summed E-state index contributed by atoms with van der Waals surface area (Å²) >= 11 is 0. The Morgan fingerprint density at radius 1 is 0.321 bits per heavy atom. The normalized spacial score (nSPS) is 12.1. The molecule has 11 aromatic carbocycles. The lowest BCUT2D eigenvalue weighted by atomic mass is 9.82. The molecule has 0 aliphatic heterocycles. The van der Waals surface area contributed by atoms with Crippen LogP contribution in [0, 0.1) is 27.7 Å². The van der Waals surface area contributed by atoms with Crippen LogP contribution in [-0.2, 0) is 0 Å². The molecule has 0 spiro atoms. The molecule has 266 valence electrons. The van der Waals surface area contributed by atoms with Crippen molar-refractivity contribution in [2.45, 2.75) is 33.6 Å². The van der Waals surface area contributed by atoms with E-state index in [2.05, 4.69) is 202 Å². The average molecular weight is 716 g/mol. The fraction of sp³-hybridized carbons (Fsp3) is 0.0909. The molecule has 0 aromatic heterocycles. The first-order chi connectivity index (χ1) is 27.4. The lowest BCUT2D eigenvalue weighted by Crippen LogP contribution is -2.10. The summed E-state index contributed by atoms with van der Waals surface area (Å²) in [5, 5.41) is 15.9. The lowest BCUT2D eigenvalue weighted by Gasteiger charge is -2.27. The average Bonchev–Trinajstić information content (AvgIpc) is 3.71. The summed E-state index contributed by atoms with van der Waals surface area (Å²) in [6.07, 6.45) is 0. The van der Waals surface area contributed by atoms with Crippen molar-refractivity contribution in [2.75, 3.05) is 4.90 Å². The number of aryl methyl sites for hydroxylation is 4. The number of hydrogen-bond acceptors (Lipinski definition) is 1. The fourth-order valence-corrected chi connectivity index (χ4v) is 9.54. The van der Waals surface area contributed by atoms with E-state index >= 15 is 0 Å². The van der Waals surface area contributed by atoms with Crippen LogP contribution in [0.25, 0.3) is 64.6 Å². The molecule has 0 saturated heterocycles. The van der Waals surface area contributed by atoms with E-state index in [4.69, 9.17) is 0 Å². The molecule has 0 atom stereocenters. The number of rotatable bonds is 6. The van der Waals surface area contributed by atoms with E-state index in [1.54, 1.807) is 0 Å². The molecule has 11 rings (SSSR count). The lowest BCUT2D eigenvalue weighted by molar-refractivity contribution is 0.987. The van der Waals surface area contributed by atoms with Crippen molar-refractivity contribution in [1.82, 2.24) is 0 Å². The van der Waals surface area contributed by atoms with Gasteiger partial charge in [0.2, 0.25) is 0 Å². The maximum atomic E-state index is 2.49. The summed E-state index contributed by atoms with van der Waals surface area (Å²) < 4.78 is 0. The Hall–Kier alpha value is -6.70.